The molecule has 0 saturated carbocycles. The van der Waals surface area contributed by atoms with Crippen molar-refractivity contribution < 1.29 is 27.9 Å². The normalized spacial score (nSPS) is 18.0. The van der Waals surface area contributed by atoms with E-state index in [9.17, 15) is 27.9 Å². The summed E-state index contributed by atoms with van der Waals surface area (Å²) in [6.45, 7) is 1.17. The molecule has 1 heterocycles. The van der Waals surface area contributed by atoms with E-state index in [-0.39, 0.29) is 5.91 Å². The highest BCUT2D eigenvalue weighted by atomic mass is 19.4. The summed E-state index contributed by atoms with van der Waals surface area (Å²) in [7, 11) is 0. The molecule has 5 nitrogen and oxygen atoms in total. The van der Waals surface area contributed by atoms with E-state index in [4.69, 9.17) is 0 Å². The molecule has 0 radical (unpaired) electrons. The van der Waals surface area contributed by atoms with Gasteiger partial charge in [0, 0.05) is 24.3 Å². The molecule has 8 heteroatoms. The summed E-state index contributed by atoms with van der Waals surface area (Å²) < 4.78 is 37.6. The largest absolute Gasteiger partial charge is 0.417 e. The zero-order chi connectivity index (χ0) is 17.3. The van der Waals surface area contributed by atoms with Crippen molar-refractivity contribution in [1.82, 2.24) is 0 Å². The molecule has 1 aromatic carbocycles. The van der Waals surface area contributed by atoms with E-state index in [2.05, 4.69) is 5.32 Å². The molecule has 1 atom stereocenters. The van der Waals surface area contributed by atoms with E-state index >= 15 is 0 Å². The predicted molar refractivity (Wildman–Crippen MR) is 78.0 cm³/mol. The number of alkyl halides is 3. The lowest BCUT2D eigenvalue weighted by Crippen LogP contribution is -2.44. The van der Waals surface area contributed by atoms with Gasteiger partial charge in [-0.1, -0.05) is 0 Å². The highest BCUT2D eigenvalue weighted by Crippen LogP contribution is 2.33. The van der Waals surface area contributed by atoms with Gasteiger partial charge >= 0.3 is 6.18 Å². The first-order valence-corrected chi connectivity index (χ1v) is 7.09. The predicted octanol–water partition coefficient (Wildman–Crippen LogP) is 2.46. The number of nitrogens with zero attached hydrogens (tertiary/aromatic N) is 1. The zero-order valence-electron chi connectivity index (χ0n) is 12.5. The van der Waals surface area contributed by atoms with Crippen LogP contribution in [0.2, 0.25) is 0 Å². The third-order valence-corrected chi connectivity index (χ3v) is 3.65. The average Bonchev–Trinajstić information content (AvgIpc) is 2.84. The van der Waals surface area contributed by atoms with Crippen molar-refractivity contribution in [2.24, 2.45) is 0 Å². The molecule has 1 fully saturated rings. The summed E-state index contributed by atoms with van der Waals surface area (Å²) in [5.74, 6) is -0.930. The average molecular weight is 330 g/mol. The Bertz CT molecular complexity index is 597. The van der Waals surface area contributed by atoms with Crippen LogP contribution >= 0.6 is 0 Å². The molecular formula is C15H17F3N2O3. The SMILES string of the molecule is C[C@](O)(CC(=O)Nc1ccc(N2CCCC2=O)cc1)C(F)(F)F. The molecule has 126 valence electrons. The minimum atomic E-state index is -4.88. The van der Waals surface area contributed by atoms with Crippen molar-refractivity contribution >= 4 is 23.2 Å². The minimum Gasteiger partial charge on any atom is -0.380 e. The molecule has 2 amide bonds. The number of benzene rings is 1. The number of halogens is 3. The molecule has 0 aliphatic carbocycles. The second kappa shape index (κ2) is 6.19. The van der Waals surface area contributed by atoms with Crippen LogP contribution in [0.25, 0.3) is 0 Å². The summed E-state index contributed by atoms with van der Waals surface area (Å²) in [5, 5.41) is 11.6. The fraction of sp³-hybridized carbons (Fsp3) is 0.467. The Morgan fingerprint density at radius 1 is 1.30 bits per heavy atom. The van der Waals surface area contributed by atoms with Crippen LogP contribution in [-0.4, -0.2) is 35.2 Å². The van der Waals surface area contributed by atoms with E-state index in [1.54, 1.807) is 17.0 Å². The number of hydrogen-bond acceptors (Lipinski definition) is 3. The number of amides is 2. The molecule has 0 bridgehead atoms. The van der Waals surface area contributed by atoms with Gasteiger partial charge in [-0.2, -0.15) is 13.2 Å². The number of hydrogen-bond donors (Lipinski definition) is 2. The number of aliphatic hydroxyl groups is 1. The zero-order valence-corrected chi connectivity index (χ0v) is 12.5. The molecule has 0 aromatic heterocycles. The molecule has 1 aromatic rings. The van der Waals surface area contributed by atoms with Crippen LogP contribution < -0.4 is 10.2 Å². The maximum atomic E-state index is 12.5. The van der Waals surface area contributed by atoms with Crippen LogP contribution in [-0.2, 0) is 9.59 Å². The van der Waals surface area contributed by atoms with Crippen molar-refractivity contribution in [3.05, 3.63) is 24.3 Å². The van der Waals surface area contributed by atoms with Crippen molar-refractivity contribution in [3.63, 3.8) is 0 Å². The third kappa shape index (κ3) is 4.01. The van der Waals surface area contributed by atoms with Crippen LogP contribution in [0, 0.1) is 0 Å². The van der Waals surface area contributed by atoms with E-state index < -0.39 is 24.1 Å². The van der Waals surface area contributed by atoms with Gasteiger partial charge in [-0.15, -0.1) is 0 Å². The first-order chi connectivity index (χ1) is 10.6. The highest BCUT2D eigenvalue weighted by Gasteiger charge is 2.50. The van der Waals surface area contributed by atoms with Crippen LogP contribution in [0.1, 0.15) is 26.2 Å². The van der Waals surface area contributed by atoms with E-state index in [0.717, 1.165) is 6.42 Å². The number of anilines is 2. The fourth-order valence-electron chi connectivity index (χ4n) is 2.26. The summed E-state index contributed by atoms with van der Waals surface area (Å²) >= 11 is 0. The van der Waals surface area contributed by atoms with Gasteiger partial charge in [0.15, 0.2) is 5.60 Å². The maximum absolute atomic E-state index is 12.5. The molecule has 2 N–H and O–H groups in total. The quantitative estimate of drug-likeness (QED) is 0.891. The standard InChI is InChI=1S/C15H17F3N2O3/c1-14(23,15(16,17)18)9-12(21)19-10-4-6-11(7-5-10)20-8-2-3-13(20)22/h4-7,23H,2-3,8-9H2,1H3,(H,19,21)/t14-/m0/s1. The summed E-state index contributed by atoms with van der Waals surface area (Å²) in [6.07, 6.45) is -4.71. The van der Waals surface area contributed by atoms with Gasteiger partial charge in [-0.05, 0) is 37.6 Å². The number of nitrogens with one attached hydrogen (secondary N) is 1. The lowest BCUT2D eigenvalue weighted by molar-refractivity contribution is -0.252. The van der Waals surface area contributed by atoms with Gasteiger partial charge in [-0.3, -0.25) is 9.59 Å². The van der Waals surface area contributed by atoms with Crippen LogP contribution in [0.5, 0.6) is 0 Å². The van der Waals surface area contributed by atoms with Gasteiger partial charge in [0.25, 0.3) is 0 Å². The highest BCUT2D eigenvalue weighted by molar-refractivity contribution is 5.96. The molecular weight excluding hydrogens is 313 g/mol. The van der Waals surface area contributed by atoms with Gasteiger partial charge in [0.1, 0.15) is 0 Å². The van der Waals surface area contributed by atoms with Gasteiger partial charge in [-0.25, -0.2) is 0 Å². The second-order valence-corrected chi connectivity index (χ2v) is 5.69. The van der Waals surface area contributed by atoms with Crippen molar-refractivity contribution in [2.45, 2.75) is 38.0 Å². The van der Waals surface area contributed by atoms with Crippen LogP contribution in [0.15, 0.2) is 24.3 Å². The Morgan fingerprint density at radius 2 is 1.91 bits per heavy atom. The monoisotopic (exact) mass is 330 g/mol. The molecule has 2 rings (SSSR count). The van der Waals surface area contributed by atoms with Crippen molar-refractivity contribution in [3.8, 4) is 0 Å². The Morgan fingerprint density at radius 3 is 2.39 bits per heavy atom. The van der Waals surface area contributed by atoms with Gasteiger partial charge in [0.05, 0.1) is 6.42 Å². The number of rotatable bonds is 4. The fourth-order valence-corrected chi connectivity index (χ4v) is 2.26. The summed E-state index contributed by atoms with van der Waals surface area (Å²) in [4.78, 5) is 24.9. The van der Waals surface area contributed by atoms with Crippen molar-refractivity contribution in [2.75, 3.05) is 16.8 Å². The van der Waals surface area contributed by atoms with Crippen molar-refractivity contribution in [1.29, 1.82) is 0 Å². The summed E-state index contributed by atoms with van der Waals surface area (Å²) in [6, 6.07) is 6.23. The Balaban J connectivity index is 1.98. The molecule has 23 heavy (non-hydrogen) atoms. The Kier molecular flexibility index (Phi) is 4.65. The molecule has 1 saturated heterocycles. The molecule has 1 aliphatic rings. The lowest BCUT2D eigenvalue weighted by Gasteiger charge is -2.25. The van der Waals surface area contributed by atoms with E-state index in [0.29, 0.717) is 31.3 Å². The minimum absolute atomic E-state index is 0.0167. The van der Waals surface area contributed by atoms with Gasteiger partial charge < -0.3 is 15.3 Å². The molecule has 0 spiro atoms. The maximum Gasteiger partial charge on any atom is 0.417 e. The number of carbonyl (C=O) groups excluding carboxylic acids is 2. The first-order valence-electron chi connectivity index (χ1n) is 7.09. The Labute approximate surface area is 131 Å². The number of carbonyl (C=O) groups is 2. The molecule has 1 aliphatic heterocycles. The van der Waals surface area contributed by atoms with Crippen LogP contribution in [0.4, 0.5) is 24.5 Å². The first kappa shape index (κ1) is 17.3. The molecule has 0 unspecified atom stereocenters. The van der Waals surface area contributed by atoms with Crippen LogP contribution in [0.3, 0.4) is 0 Å². The van der Waals surface area contributed by atoms with E-state index in [1.165, 1.54) is 12.1 Å². The topological polar surface area (TPSA) is 69.6 Å². The second-order valence-electron chi connectivity index (χ2n) is 5.69. The smallest absolute Gasteiger partial charge is 0.380 e. The Hall–Kier alpha value is -2.09. The lowest BCUT2D eigenvalue weighted by atomic mass is 10.0. The summed E-state index contributed by atoms with van der Waals surface area (Å²) in [5.41, 5.74) is -2.12. The van der Waals surface area contributed by atoms with E-state index in [1.807, 2.05) is 0 Å². The van der Waals surface area contributed by atoms with Gasteiger partial charge in [0.2, 0.25) is 11.8 Å². The third-order valence-electron chi connectivity index (χ3n) is 3.65.